The van der Waals surface area contributed by atoms with Gasteiger partial charge in [0.15, 0.2) is 5.16 Å². The summed E-state index contributed by atoms with van der Waals surface area (Å²) in [6, 6.07) is 2.62. The Morgan fingerprint density at radius 2 is 1.85 bits per heavy atom. The van der Waals surface area contributed by atoms with E-state index in [4.69, 9.17) is 0 Å². The van der Waals surface area contributed by atoms with Crippen LogP contribution in [0.1, 0.15) is 45.0 Å². The third-order valence-corrected chi connectivity index (χ3v) is 5.52. The predicted octanol–water partition coefficient (Wildman–Crippen LogP) is 3.60. The number of aryl methyl sites for hydroxylation is 2. The van der Waals surface area contributed by atoms with Crippen molar-refractivity contribution < 1.29 is 0 Å². The van der Waals surface area contributed by atoms with Crippen molar-refractivity contribution in [3.63, 3.8) is 0 Å². The number of hydrogen-bond acceptors (Lipinski definition) is 4. The maximum atomic E-state index is 4.60. The monoisotopic (exact) mass is 293 g/mol. The summed E-state index contributed by atoms with van der Waals surface area (Å²) in [4.78, 5) is 9.20. The van der Waals surface area contributed by atoms with Gasteiger partial charge in [0.1, 0.15) is 0 Å². The Labute approximate surface area is 127 Å². The summed E-state index contributed by atoms with van der Waals surface area (Å²) in [5, 5.41) is 5.19. The quantitative estimate of drug-likeness (QED) is 0.861. The third kappa shape index (κ3) is 3.95. The van der Waals surface area contributed by atoms with E-state index in [-0.39, 0.29) is 0 Å². The average molecular weight is 293 g/mol. The summed E-state index contributed by atoms with van der Waals surface area (Å²) in [6.07, 6.45) is 2.57. The van der Waals surface area contributed by atoms with Gasteiger partial charge in [0.25, 0.3) is 0 Å². The SMILES string of the molecule is CCNC1CC(C)CC(C)C1Sc1nc(C)cc(C)n1. The van der Waals surface area contributed by atoms with Crippen molar-refractivity contribution in [2.45, 2.75) is 63.9 Å². The van der Waals surface area contributed by atoms with Gasteiger partial charge in [-0.3, -0.25) is 0 Å². The van der Waals surface area contributed by atoms with Crippen LogP contribution in [0, 0.1) is 25.7 Å². The summed E-state index contributed by atoms with van der Waals surface area (Å²) in [5.74, 6) is 1.52. The van der Waals surface area contributed by atoms with Crippen LogP contribution in [-0.2, 0) is 0 Å². The molecule has 1 aromatic rings. The van der Waals surface area contributed by atoms with E-state index in [0.29, 0.717) is 17.2 Å². The van der Waals surface area contributed by atoms with Crippen molar-refractivity contribution in [1.82, 2.24) is 15.3 Å². The van der Waals surface area contributed by atoms with E-state index < -0.39 is 0 Å². The van der Waals surface area contributed by atoms with Gasteiger partial charge < -0.3 is 5.32 Å². The Morgan fingerprint density at radius 1 is 1.20 bits per heavy atom. The summed E-state index contributed by atoms with van der Waals surface area (Å²) in [5.41, 5.74) is 2.13. The molecule has 3 nitrogen and oxygen atoms in total. The van der Waals surface area contributed by atoms with Gasteiger partial charge >= 0.3 is 0 Å². The van der Waals surface area contributed by atoms with E-state index in [1.54, 1.807) is 0 Å². The predicted molar refractivity (Wildman–Crippen MR) is 86.2 cm³/mol. The van der Waals surface area contributed by atoms with E-state index in [1.807, 2.05) is 31.7 Å². The molecule has 4 unspecified atom stereocenters. The fraction of sp³-hybridized carbons (Fsp3) is 0.750. The highest BCUT2D eigenvalue weighted by molar-refractivity contribution is 7.99. The number of rotatable bonds is 4. The Balaban J connectivity index is 2.15. The lowest BCUT2D eigenvalue weighted by molar-refractivity contribution is 0.251. The van der Waals surface area contributed by atoms with E-state index in [1.165, 1.54) is 12.8 Å². The van der Waals surface area contributed by atoms with Gasteiger partial charge in [0.2, 0.25) is 0 Å². The molecular formula is C16H27N3S. The smallest absolute Gasteiger partial charge is 0.188 e. The molecule has 1 aromatic heterocycles. The molecule has 4 atom stereocenters. The normalized spacial score (nSPS) is 30.4. The van der Waals surface area contributed by atoms with Crippen LogP contribution in [0.4, 0.5) is 0 Å². The van der Waals surface area contributed by atoms with Crippen LogP contribution in [0.2, 0.25) is 0 Å². The van der Waals surface area contributed by atoms with Crippen LogP contribution in [0.15, 0.2) is 11.2 Å². The maximum Gasteiger partial charge on any atom is 0.188 e. The molecule has 1 heterocycles. The molecule has 1 N–H and O–H groups in total. The zero-order valence-corrected chi connectivity index (χ0v) is 14.1. The second kappa shape index (κ2) is 6.90. The lowest BCUT2D eigenvalue weighted by Gasteiger charge is -2.39. The molecule has 1 saturated carbocycles. The van der Waals surface area contributed by atoms with Crippen LogP contribution in [0.25, 0.3) is 0 Å². The fourth-order valence-electron chi connectivity index (χ4n) is 3.36. The van der Waals surface area contributed by atoms with Crippen LogP contribution in [-0.4, -0.2) is 27.8 Å². The van der Waals surface area contributed by atoms with Crippen molar-refractivity contribution in [2.75, 3.05) is 6.54 Å². The standard InChI is InChI=1S/C16H27N3S/c1-6-17-14-8-10(2)7-11(3)15(14)20-16-18-12(4)9-13(5)19-16/h9-11,14-15,17H,6-8H2,1-5H3. The molecule has 1 aliphatic carbocycles. The van der Waals surface area contributed by atoms with Crippen molar-refractivity contribution in [3.8, 4) is 0 Å². The van der Waals surface area contributed by atoms with Gasteiger partial charge in [-0.15, -0.1) is 0 Å². The van der Waals surface area contributed by atoms with Crippen molar-refractivity contribution in [2.24, 2.45) is 11.8 Å². The van der Waals surface area contributed by atoms with E-state index in [0.717, 1.165) is 29.0 Å². The lowest BCUT2D eigenvalue weighted by atomic mass is 9.80. The van der Waals surface area contributed by atoms with Gasteiger partial charge in [-0.05, 0) is 51.1 Å². The Bertz CT molecular complexity index is 429. The van der Waals surface area contributed by atoms with Crippen LogP contribution in [0.3, 0.4) is 0 Å². The van der Waals surface area contributed by atoms with Crippen LogP contribution < -0.4 is 5.32 Å². The fourth-order valence-corrected chi connectivity index (χ4v) is 4.71. The topological polar surface area (TPSA) is 37.8 Å². The molecule has 0 spiro atoms. The van der Waals surface area contributed by atoms with E-state index in [9.17, 15) is 0 Å². The largest absolute Gasteiger partial charge is 0.313 e. The first-order valence-corrected chi connectivity index (χ1v) is 8.59. The zero-order valence-electron chi connectivity index (χ0n) is 13.3. The van der Waals surface area contributed by atoms with Crippen molar-refractivity contribution >= 4 is 11.8 Å². The summed E-state index contributed by atoms with van der Waals surface area (Å²) >= 11 is 1.87. The van der Waals surface area contributed by atoms with Gasteiger partial charge in [0.05, 0.1) is 0 Å². The molecule has 0 bridgehead atoms. The molecular weight excluding hydrogens is 266 g/mol. The highest BCUT2D eigenvalue weighted by Gasteiger charge is 2.34. The highest BCUT2D eigenvalue weighted by Crippen LogP contribution is 2.38. The molecule has 0 aromatic carbocycles. The molecule has 112 valence electrons. The van der Waals surface area contributed by atoms with Gasteiger partial charge in [-0.25, -0.2) is 9.97 Å². The van der Waals surface area contributed by atoms with E-state index in [2.05, 4.69) is 36.1 Å². The number of aromatic nitrogens is 2. The molecule has 2 rings (SSSR count). The summed E-state index contributed by atoms with van der Waals surface area (Å²) in [6.45, 7) is 12.1. The minimum absolute atomic E-state index is 0.576. The van der Waals surface area contributed by atoms with E-state index >= 15 is 0 Å². The van der Waals surface area contributed by atoms with Gasteiger partial charge in [0, 0.05) is 22.7 Å². The Hall–Kier alpha value is -0.610. The van der Waals surface area contributed by atoms with Gasteiger partial charge in [-0.2, -0.15) is 0 Å². The molecule has 1 aliphatic rings. The number of nitrogens with one attached hydrogen (secondary N) is 1. The third-order valence-electron chi connectivity index (χ3n) is 4.06. The minimum Gasteiger partial charge on any atom is -0.313 e. The summed E-state index contributed by atoms with van der Waals surface area (Å²) in [7, 11) is 0. The lowest BCUT2D eigenvalue weighted by Crippen LogP contribution is -2.46. The second-order valence-electron chi connectivity index (χ2n) is 6.23. The molecule has 0 amide bonds. The highest BCUT2D eigenvalue weighted by atomic mass is 32.2. The average Bonchev–Trinajstić information content (AvgIpc) is 2.32. The first kappa shape index (κ1) is 15.8. The molecule has 0 saturated heterocycles. The summed E-state index contributed by atoms with van der Waals surface area (Å²) < 4.78 is 0. The Morgan fingerprint density at radius 3 is 2.45 bits per heavy atom. The number of thioether (sulfide) groups is 1. The zero-order chi connectivity index (χ0) is 14.7. The number of hydrogen-bond donors (Lipinski definition) is 1. The van der Waals surface area contributed by atoms with Crippen molar-refractivity contribution in [1.29, 1.82) is 0 Å². The Kier molecular flexibility index (Phi) is 5.44. The first-order valence-electron chi connectivity index (χ1n) is 7.72. The molecule has 1 fully saturated rings. The molecule has 4 heteroatoms. The first-order chi connectivity index (χ1) is 9.49. The minimum atomic E-state index is 0.576. The molecule has 0 radical (unpaired) electrons. The van der Waals surface area contributed by atoms with Crippen molar-refractivity contribution in [3.05, 3.63) is 17.5 Å². The number of nitrogens with zero attached hydrogens (tertiary/aromatic N) is 2. The van der Waals surface area contributed by atoms with Gasteiger partial charge in [-0.1, -0.05) is 32.5 Å². The van der Waals surface area contributed by atoms with Crippen LogP contribution in [0.5, 0.6) is 0 Å². The molecule has 20 heavy (non-hydrogen) atoms. The molecule has 0 aliphatic heterocycles. The maximum absolute atomic E-state index is 4.60. The second-order valence-corrected chi connectivity index (χ2v) is 7.38. The van der Waals surface area contributed by atoms with Crippen LogP contribution >= 0.6 is 11.8 Å².